The van der Waals surface area contributed by atoms with Crippen LogP contribution in [-0.2, 0) is 32.6 Å². The maximum absolute atomic E-state index is 14.4. The molecule has 9 nitrogen and oxygen atoms in total. The van der Waals surface area contributed by atoms with Gasteiger partial charge in [-0.1, -0.05) is 78.9 Å². The number of nitrogens with zero attached hydrogens (tertiary/aromatic N) is 2. The molecule has 0 radical (unpaired) electrons. The van der Waals surface area contributed by atoms with Crippen LogP contribution < -0.4 is 19.1 Å². The molecule has 1 N–H and O–H groups in total. The first-order valence-corrected chi connectivity index (χ1v) is 17.4. The van der Waals surface area contributed by atoms with E-state index >= 15 is 0 Å². The lowest BCUT2D eigenvalue weighted by atomic mass is 9.94. The van der Waals surface area contributed by atoms with Crippen molar-refractivity contribution >= 4 is 50.7 Å². The Labute approximate surface area is 275 Å². The summed E-state index contributed by atoms with van der Waals surface area (Å²) in [6.45, 7) is -0.642. The van der Waals surface area contributed by atoms with E-state index < -0.39 is 28.5 Å². The van der Waals surface area contributed by atoms with Crippen molar-refractivity contribution < 1.29 is 27.5 Å². The minimum atomic E-state index is -3.99. The third-order valence-electron chi connectivity index (χ3n) is 7.91. The Hall–Kier alpha value is -3.47. The van der Waals surface area contributed by atoms with Gasteiger partial charge in [0.05, 0.1) is 26.2 Å². The second-order valence-corrected chi connectivity index (χ2v) is 13.9. The van der Waals surface area contributed by atoms with E-state index in [9.17, 15) is 18.0 Å². The van der Waals surface area contributed by atoms with Crippen LogP contribution in [-0.4, -0.2) is 64.2 Å². The molecule has 0 spiro atoms. The summed E-state index contributed by atoms with van der Waals surface area (Å²) in [7, 11) is -1.10. The molecule has 1 fully saturated rings. The Kier molecular flexibility index (Phi) is 12.0. The molecule has 4 rings (SSSR count). The number of amides is 2. The summed E-state index contributed by atoms with van der Waals surface area (Å²) < 4.78 is 38.1. The Morgan fingerprint density at radius 2 is 1.67 bits per heavy atom. The van der Waals surface area contributed by atoms with Gasteiger partial charge in [0.2, 0.25) is 21.8 Å². The Morgan fingerprint density at radius 1 is 0.956 bits per heavy atom. The van der Waals surface area contributed by atoms with Crippen molar-refractivity contribution in [3.8, 4) is 11.5 Å². The quantitative estimate of drug-likeness (QED) is 0.243. The highest BCUT2D eigenvalue weighted by atomic mass is 35.5. The normalized spacial score (nSPS) is 14.3. The molecule has 1 aliphatic carbocycles. The van der Waals surface area contributed by atoms with Crippen LogP contribution in [0.3, 0.4) is 0 Å². The van der Waals surface area contributed by atoms with Gasteiger partial charge >= 0.3 is 0 Å². The van der Waals surface area contributed by atoms with Crippen LogP contribution in [0.1, 0.15) is 43.2 Å². The molecular weight excluding hydrogens is 637 g/mol. The minimum absolute atomic E-state index is 0.00308. The maximum Gasteiger partial charge on any atom is 0.244 e. The van der Waals surface area contributed by atoms with Gasteiger partial charge in [-0.2, -0.15) is 0 Å². The maximum atomic E-state index is 14.4. The summed E-state index contributed by atoms with van der Waals surface area (Å²) in [6.07, 6.45) is 6.10. The summed E-state index contributed by atoms with van der Waals surface area (Å²) in [6, 6.07) is 18.0. The van der Waals surface area contributed by atoms with Gasteiger partial charge in [-0.15, -0.1) is 0 Å². The zero-order chi connectivity index (χ0) is 32.6. The summed E-state index contributed by atoms with van der Waals surface area (Å²) in [5.74, 6) is -0.242. The highest BCUT2D eigenvalue weighted by molar-refractivity contribution is 7.92. The molecule has 2 amide bonds. The number of anilines is 1. The van der Waals surface area contributed by atoms with Crippen molar-refractivity contribution in [3.63, 3.8) is 0 Å². The van der Waals surface area contributed by atoms with Crippen LogP contribution in [0.5, 0.6) is 11.5 Å². The Morgan fingerprint density at radius 3 is 2.29 bits per heavy atom. The molecule has 3 aromatic carbocycles. The van der Waals surface area contributed by atoms with E-state index in [1.54, 1.807) is 30.3 Å². The number of hydrogen-bond donors (Lipinski definition) is 1. The van der Waals surface area contributed by atoms with Gasteiger partial charge in [0.1, 0.15) is 24.1 Å². The van der Waals surface area contributed by atoms with E-state index in [2.05, 4.69) is 5.32 Å². The molecule has 1 aliphatic rings. The van der Waals surface area contributed by atoms with E-state index in [1.165, 1.54) is 25.2 Å². The number of rotatable bonds is 13. The van der Waals surface area contributed by atoms with Crippen molar-refractivity contribution in [2.24, 2.45) is 0 Å². The summed E-state index contributed by atoms with van der Waals surface area (Å²) in [4.78, 5) is 29.9. The second-order valence-electron chi connectivity index (χ2n) is 11.1. The molecule has 0 heterocycles. The molecule has 0 unspecified atom stereocenters. The van der Waals surface area contributed by atoms with Crippen molar-refractivity contribution in [2.75, 3.05) is 31.3 Å². The molecule has 12 heteroatoms. The third kappa shape index (κ3) is 9.28. The van der Waals surface area contributed by atoms with Crippen LogP contribution in [0.25, 0.3) is 0 Å². The highest BCUT2D eigenvalue weighted by Gasteiger charge is 2.35. The monoisotopic (exact) mass is 675 g/mol. The molecule has 0 aromatic heterocycles. The zero-order valence-electron chi connectivity index (χ0n) is 25.7. The SMILES string of the molecule is COc1ccc(N(CC(=O)N(Cc2ccc(Cl)cc2Cl)[C@H](Cc2ccccc2)C(=O)NC2CCCCC2)S(C)(=O)=O)c(OC)c1. The van der Waals surface area contributed by atoms with E-state index in [0.29, 0.717) is 21.4 Å². The van der Waals surface area contributed by atoms with Gasteiger partial charge in [0, 0.05) is 35.1 Å². The molecule has 3 aromatic rings. The van der Waals surface area contributed by atoms with Gasteiger partial charge in [-0.05, 0) is 48.2 Å². The molecule has 0 aliphatic heterocycles. The first-order chi connectivity index (χ1) is 21.5. The van der Waals surface area contributed by atoms with Crippen molar-refractivity contribution in [3.05, 3.63) is 87.9 Å². The molecular formula is C33H39Cl2N3O6S. The number of carbonyl (C=O) groups is 2. The molecule has 45 heavy (non-hydrogen) atoms. The van der Waals surface area contributed by atoms with E-state index in [0.717, 1.165) is 48.2 Å². The van der Waals surface area contributed by atoms with E-state index in [1.807, 2.05) is 30.3 Å². The smallest absolute Gasteiger partial charge is 0.244 e. The van der Waals surface area contributed by atoms with Crippen LogP contribution >= 0.6 is 23.2 Å². The standard InChI is InChI=1S/C33H39Cl2N3O6S/c1-43-27-16-17-29(31(20-27)44-2)38(45(3,41)42)22-32(39)37(21-24-14-15-25(34)19-28(24)35)30(18-23-10-6-4-7-11-23)33(40)36-26-12-8-5-9-13-26/h4,6-7,10-11,14-17,19-20,26,30H,5,8-9,12-13,18,21-22H2,1-3H3,(H,36,40)/t30-/m1/s1. The number of nitrogens with one attached hydrogen (secondary N) is 1. The Bertz CT molecular complexity index is 1580. The molecule has 1 atom stereocenters. The number of sulfonamides is 1. The first kappa shape index (κ1) is 34.4. The lowest BCUT2D eigenvalue weighted by Crippen LogP contribution is -2.55. The predicted molar refractivity (Wildman–Crippen MR) is 178 cm³/mol. The predicted octanol–water partition coefficient (Wildman–Crippen LogP) is 5.87. The first-order valence-electron chi connectivity index (χ1n) is 14.8. The number of hydrogen-bond acceptors (Lipinski definition) is 6. The number of benzene rings is 3. The van der Waals surface area contributed by atoms with Crippen molar-refractivity contribution in [1.82, 2.24) is 10.2 Å². The average molecular weight is 677 g/mol. The van der Waals surface area contributed by atoms with Gasteiger partial charge < -0.3 is 19.7 Å². The second kappa shape index (κ2) is 15.7. The van der Waals surface area contributed by atoms with Crippen molar-refractivity contribution in [1.29, 1.82) is 0 Å². The number of methoxy groups -OCH3 is 2. The number of halogens is 2. The largest absolute Gasteiger partial charge is 0.497 e. The topological polar surface area (TPSA) is 105 Å². The van der Waals surface area contributed by atoms with Gasteiger partial charge in [-0.3, -0.25) is 13.9 Å². The Balaban J connectivity index is 1.77. The van der Waals surface area contributed by atoms with Crippen LogP contribution in [0.15, 0.2) is 66.7 Å². The summed E-state index contributed by atoms with van der Waals surface area (Å²) in [5, 5.41) is 3.92. The zero-order valence-corrected chi connectivity index (χ0v) is 28.0. The average Bonchev–Trinajstić information content (AvgIpc) is 3.02. The van der Waals surface area contributed by atoms with Crippen molar-refractivity contribution in [2.45, 2.75) is 57.2 Å². The fraction of sp³-hybridized carbons (Fsp3) is 0.394. The van der Waals surface area contributed by atoms with Gasteiger partial charge in [0.25, 0.3) is 0 Å². The lowest BCUT2D eigenvalue weighted by molar-refractivity contribution is -0.140. The third-order valence-corrected chi connectivity index (χ3v) is 9.63. The van der Waals surface area contributed by atoms with Crippen LogP contribution in [0, 0.1) is 0 Å². The van der Waals surface area contributed by atoms with Gasteiger partial charge in [0.15, 0.2) is 0 Å². The highest BCUT2D eigenvalue weighted by Crippen LogP contribution is 2.34. The van der Waals surface area contributed by atoms with E-state index in [4.69, 9.17) is 32.7 Å². The fourth-order valence-corrected chi connectivity index (χ4v) is 6.84. The lowest BCUT2D eigenvalue weighted by Gasteiger charge is -2.35. The summed E-state index contributed by atoms with van der Waals surface area (Å²) in [5.41, 5.74) is 1.56. The van der Waals surface area contributed by atoms with E-state index in [-0.39, 0.29) is 36.4 Å². The molecule has 0 saturated heterocycles. The minimum Gasteiger partial charge on any atom is -0.497 e. The van der Waals surface area contributed by atoms with Gasteiger partial charge in [-0.25, -0.2) is 8.42 Å². The molecule has 242 valence electrons. The van der Waals surface area contributed by atoms with Crippen LogP contribution in [0.2, 0.25) is 10.0 Å². The number of carbonyl (C=O) groups excluding carboxylic acids is 2. The molecule has 1 saturated carbocycles. The molecule has 0 bridgehead atoms. The number of ether oxygens (including phenoxy) is 2. The van der Waals surface area contributed by atoms with Crippen LogP contribution in [0.4, 0.5) is 5.69 Å². The fourth-order valence-electron chi connectivity index (χ4n) is 5.52. The summed E-state index contributed by atoms with van der Waals surface area (Å²) >= 11 is 12.7.